The average molecular weight is 344 g/mol. The Bertz CT molecular complexity index is 874. The molecule has 124 valence electrons. The van der Waals surface area contributed by atoms with Crippen LogP contribution in [0.1, 0.15) is 17.7 Å². The Balaban J connectivity index is 1.47. The van der Waals surface area contributed by atoms with E-state index < -0.39 is 0 Å². The van der Waals surface area contributed by atoms with Gasteiger partial charge in [-0.15, -0.1) is 26.2 Å². The number of aryl methyl sites for hydroxylation is 1. The van der Waals surface area contributed by atoms with Gasteiger partial charge < -0.3 is 10.2 Å². The van der Waals surface area contributed by atoms with Gasteiger partial charge in [0.1, 0.15) is 0 Å². The Kier molecular flexibility index (Phi) is 3.81. The van der Waals surface area contributed by atoms with Crippen LogP contribution in [-0.2, 0) is 4.79 Å². The Labute approximate surface area is 141 Å². The summed E-state index contributed by atoms with van der Waals surface area (Å²) < 4.78 is 1.40. The zero-order valence-corrected chi connectivity index (χ0v) is 13.9. The van der Waals surface area contributed by atoms with Crippen molar-refractivity contribution in [3.05, 3.63) is 23.2 Å². The van der Waals surface area contributed by atoms with Crippen LogP contribution >= 0.6 is 11.3 Å². The third-order valence-corrected chi connectivity index (χ3v) is 4.85. The van der Waals surface area contributed by atoms with Crippen molar-refractivity contribution in [1.29, 1.82) is 0 Å². The fourth-order valence-corrected chi connectivity index (χ4v) is 3.50. The zero-order chi connectivity index (χ0) is 16.5. The molecular weight excluding hydrogens is 328 g/mol. The van der Waals surface area contributed by atoms with E-state index in [1.165, 1.54) is 16.0 Å². The van der Waals surface area contributed by atoms with E-state index in [1.54, 1.807) is 6.20 Å². The van der Waals surface area contributed by atoms with Gasteiger partial charge in [-0.2, -0.15) is 0 Å². The van der Waals surface area contributed by atoms with Crippen LogP contribution in [0.3, 0.4) is 0 Å². The Hall–Kier alpha value is -2.62. The molecule has 0 spiro atoms. The number of nitrogens with one attached hydrogen (secondary N) is 1. The van der Waals surface area contributed by atoms with E-state index in [-0.39, 0.29) is 11.8 Å². The van der Waals surface area contributed by atoms with Crippen molar-refractivity contribution in [1.82, 2.24) is 30.2 Å². The molecule has 4 rings (SSSR count). The third-order valence-electron chi connectivity index (χ3n) is 4.02. The van der Waals surface area contributed by atoms with Crippen molar-refractivity contribution in [2.24, 2.45) is 5.92 Å². The number of rotatable bonds is 3. The maximum Gasteiger partial charge on any atom is 0.231 e. The Morgan fingerprint density at radius 1 is 1.42 bits per heavy atom. The Morgan fingerprint density at radius 3 is 3.17 bits per heavy atom. The summed E-state index contributed by atoms with van der Waals surface area (Å²) in [6.07, 6.45) is 3.56. The second-order valence-electron chi connectivity index (χ2n) is 5.77. The molecular formula is C14H16N8OS. The second kappa shape index (κ2) is 6.11. The standard InChI is InChI=1S/C14H16N8OS/c1-9-7-15-14(24-9)16-13(23)10-3-2-6-21(8-10)12-5-4-11-17-19-20-22(11)18-12/h4-5,7,10H,2-3,6,8H2,1H3,(H,15,16,23)/t10-/m0/s1. The van der Waals surface area contributed by atoms with Crippen molar-refractivity contribution < 1.29 is 4.79 Å². The van der Waals surface area contributed by atoms with Gasteiger partial charge in [-0.1, -0.05) is 0 Å². The van der Waals surface area contributed by atoms with E-state index in [9.17, 15) is 4.79 Å². The average Bonchev–Trinajstić information content (AvgIpc) is 3.23. The molecule has 0 saturated carbocycles. The number of tetrazole rings is 1. The molecule has 0 unspecified atom stereocenters. The van der Waals surface area contributed by atoms with Crippen molar-refractivity contribution >= 4 is 33.8 Å². The topological polar surface area (TPSA) is 101 Å². The SMILES string of the molecule is Cc1cnc(NC(=O)[C@H]2CCCN(c3ccc4nnnn4n3)C2)s1. The monoisotopic (exact) mass is 344 g/mol. The van der Waals surface area contributed by atoms with Crippen LogP contribution in [0.25, 0.3) is 5.65 Å². The first kappa shape index (κ1) is 14.9. The van der Waals surface area contributed by atoms with Gasteiger partial charge in [-0.25, -0.2) is 4.98 Å². The van der Waals surface area contributed by atoms with Crippen molar-refractivity contribution in [3.8, 4) is 0 Å². The maximum absolute atomic E-state index is 12.5. The molecule has 9 nitrogen and oxygen atoms in total. The minimum Gasteiger partial charge on any atom is -0.354 e. The fourth-order valence-electron chi connectivity index (χ4n) is 2.83. The molecule has 3 aromatic rings. The first-order chi connectivity index (χ1) is 11.7. The summed E-state index contributed by atoms with van der Waals surface area (Å²) in [5.74, 6) is 0.698. The molecule has 0 aromatic carbocycles. The molecule has 10 heteroatoms. The highest BCUT2D eigenvalue weighted by Crippen LogP contribution is 2.24. The summed E-state index contributed by atoms with van der Waals surface area (Å²) in [5.41, 5.74) is 0.601. The number of aromatic nitrogens is 6. The molecule has 0 aliphatic carbocycles. The van der Waals surface area contributed by atoms with Gasteiger partial charge in [0.05, 0.1) is 5.92 Å². The fraction of sp³-hybridized carbons (Fsp3) is 0.429. The van der Waals surface area contributed by atoms with E-state index in [2.05, 4.69) is 35.8 Å². The predicted octanol–water partition coefficient (Wildman–Crippen LogP) is 1.14. The first-order valence-electron chi connectivity index (χ1n) is 7.73. The number of carbonyl (C=O) groups is 1. The minimum atomic E-state index is -0.0886. The third kappa shape index (κ3) is 2.92. The molecule has 1 N–H and O–H groups in total. The summed E-state index contributed by atoms with van der Waals surface area (Å²) in [6.45, 7) is 3.45. The summed E-state index contributed by atoms with van der Waals surface area (Å²) in [4.78, 5) is 19.9. The number of piperidine rings is 1. The smallest absolute Gasteiger partial charge is 0.231 e. The lowest BCUT2D eigenvalue weighted by Crippen LogP contribution is -2.41. The molecule has 0 radical (unpaired) electrons. The van der Waals surface area contributed by atoms with Crippen molar-refractivity contribution in [2.75, 3.05) is 23.3 Å². The van der Waals surface area contributed by atoms with Gasteiger partial charge >= 0.3 is 0 Å². The number of hydrogen-bond donors (Lipinski definition) is 1. The van der Waals surface area contributed by atoms with Crippen molar-refractivity contribution in [2.45, 2.75) is 19.8 Å². The molecule has 3 aromatic heterocycles. The molecule has 1 saturated heterocycles. The number of anilines is 2. The summed E-state index contributed by atoms with van der Waals surface area (Å²) >= 11 is 1.49. The second-order valence-corrected chi connectivity index (χ2v) is 7.00. The quantitative estimate of drug-likeness (QED) is 0.760. The number of carbonyl (C=O) groups excluding carboxylic acids is 1. The minimum absolute atomic E-state index is 0.0116. The molecule has 1 aliphatic rings. The highest BCUT2D eigenvalue weighted by atomic mass is 32.1. The van der Waals surface area contributed by atoms with Gasteiger partial charge in [0.15, 0.2) is 16.6 Å². The number of fused-ring (bicyclic) bond motifs is 1. The van der Waals surface area contributed by atoms with Crippen LogP contribution < -0.4 is 10.2 Å². The zero-order valence-electron chi connectivity index (χ0n) is 13.1. The largest absolute Gasteiger partial charge is 0.354 e. The van der Waals surface area contributed by atoms with E-state index in [0.717, 1.165) is 30.1 Å². The lowest BCUT2D eigenvalue weighted by atomic mass is 9.97. The lowest BCUT2D eigenvalue weighted by molar-refractivity contribution is -0.120. The van der Waals surface area contributed by atoms with Gasteiger partial charge in [-0.05, 0) is 42.3 Å². The highest BCUT2D eigenvalue weighted by molar-refractivity contribution is 7.15. The first-order valence-corrected chi connectivity index (χ1v) is 8.54. The maximum atomic E-state index is 12.5. The van der Waals surface area contributed by atoms with E-state index in [1.807, 2.05) is 19.1 Å². The molecule has 4 heterocycles. The molecule has 1 fully saturated rings. The van der Waals surface area contributed by atoms with Gasteiger partial charge in [0.25, 0.3) is 0 Å². The van der Waals surface area contributed by atoms with Crippen LogP contribution in [0.5, 0.6) is 0 Å². The van der Waals surface area contributed by atoms with Crippen LogP contribution in [0.15, 0.2) is 18.3 Å². The number of thiazole rings is 1. The van der Waals surface area contributed by atoms with E-state index >= 15 is 0 Å². The van der Waals surface area contributed by atoms with E-state index in [4.69, 9.17) is 0 Å². The molecule has 0 bridgehead atoms. The van der Waals surface area contributed by atoms with Crippen molar-refractivity contribution in [3.63, 3.8) is 0 Å². The number of amides is 1. The molecule has 1 amide bonds. The van der Waals surface area contributed by atoms with Crippen LogP contribution in [0.4, 0.5) is 10.9 Å². The van der Waals surface area contributed by atoms with Crippen LogP contribution in [-0.4, -0.2) is 49.2 Å². The number of hydrogen-bond acceptors (Lipinski definition) is 8. The summed E-state index contributed by atoms with van der Waals surface area (Å²) in [5, 5.41) is 19.2. The normalized spacial score (nSPS) is 18.0. The van der Waals surface area contributed by atoms with Gasteiger partial charge in [-0.3, -0.25) is 4.79 Å². The predicted molar refractivity (Wildman–Crippen MR) is 89.0 cm³/mol. The molecule has 1 aliphatic heterocycles. The van der Waals surface area contributed by atoms with Gasteiger partial charge in [0.2, 0.25) is 5.91 Å². The van der Waals surface area contributed by atoms with Crippen LogP contribution in [0.2, 0.25) is 0 Å². The number of nitrogens with zero attached hydrogens (tertiary/aromatic N) is 7. The van der Waals surface area contributed by atoms with Gasteiger partial charge in [0, 0.05) is 24.2 Å². The molecule has 1 atom stereocenters. The summed E-state index contributed by atoms with van der Waals surface area (Å²) in [6, 6.07) is 3.71. The Morgan fingerprint density at radius 2 is 2.33 bits per heavy atom. The van der Waals surface area contributed by atoms with E-state index in [0.29, 0.717) is 17.3 Å². The highest BCUT2D eigenvalue weighted by Gasteiger charge is 2.27. The lowest BCUT2D eigenvalue weighted by Gasteiger charge is -2.32. The molecule has 24 heavy (non-hydrogen) atoms. The van der Waals surface area contributed by atoms with Crippen LogP contribution in [0, 0.1) is 12.8 Å². The summed E-state index contributed by atoms with van der Waals surface area (Å²) in [7, 11) is 0.